The van der Waals surface area contributed by atoms with Crippen molar-refractivity contribution in [2.75, 3.05) is 13.2 Å². The van der Waals surface area contributed by atoms with Crippen LogP contribution in [0, 0.1) is 18.8 Å². The quantitative estimate of drug-likeness (QED) is 0.614. The lowest BCUT2D eigenvalue weighted by Crippen LogP contribution is -2.50. The molecule has 0 radical (unpaired) electrons. The molecule has 1 aromatic carbocycles. The van der Waals surface area contributed by atoms with Gasteiger partial charge in [-0.25, -0.2) is 4.79 Å². The van der Waals surface area contributed by atoms with Gasteiger partial charge in [-0.2, -0.15) is 8.42 Å². The Morgan fingerprint density at radius 3 is 2.38 bits per heavy atom. The molecule has 1 aliphatic rings. The van der Waals surface area contributed by atoms with Gasteiger partial charge in [0, 0.05) is 12.6 Å². The van der Waals surface area contributed by atoms with E-state index in [1.165, 1.54) is 0 Å². The largest absolute Gasteiger partial charge is 0.444 e. The summed E-state index contributed by atoms with van der Waals surface area (Å²) < 4.78 is 35.5. The Kier molecular flexibility index (Phi) is 7.74. The summed E-state index contributed by atoms with van der Waals surface area (Å²) in [5.41, 5.74) is 0.480. The Hall–Kier alpha value is -1.60. The summed E-state index contributed by atoms with van der Waals surface area (Å²) in [5.74, 6) is 0.608. The van der Waals surface area contributed by atoms with Gasteiger partial charge in [0.2, 0.25) is 0 Å². The molecule has 2 atom stereocenters. The molecule has 1 aromatic rings. The molecule has 7 heteroatoms. The number of rotatable bonds is 6. The predicted octanol–water partition coefficient (Wildman–Crippen LogP) is 4.76. The van der Waals surface area contributed by atoms with E-state index < -0.39 is 15.7 Å². The first-order valence-corrected chi connectivity index (χ1v) is 11.8. The average Bonchev–Trinajstić information content (AvgIpc) is 2.60. The van der Waals surface area contributed by atoms with Crippen LogP contribution in [0.25, 0.3) is 0 Å². The number of ether oxygens (including phenoxy) is 1. The van der Waals surface area contributed by atoms with Gasteiger partial charge < -0.3 is 9.64 Å². The van der Waals surface area contributed by atoms with Crippen molar-refractivity contribution in [3.05, 3.63) is 29.8 Å². The van der Waals surface area contributed by atoms with E-state index >= 15 is 0 Å². The molecule has 1 saturated heterocycles. The highest BCUT2D eigenvalue weighted by Gasteiger charge is 2.35. The van der Waals surface area contributed by atoms with Crippen molar-refractivity contribution in [2.45, 2.75) is 77.3 Å². The Bertz CT molecular complexity index is 780. The van der Waals surface area contributed by atoms with Crippen molar-refractivity contribution >= 4 is 16.2 Å². The van der Waals surface area contributed by atoms with E-state index in [4.69, 9.17) is 8.92 Å². The van der Waals surface area contributed by atoms with Crippen molar-refractivity contribution in [1.82, 2.24) is 4.90 Å². The van der Waals surface area contributed by atoms with E-state index in [0.29, 0.717) is 24.8 Å². The molecule has 2 rings (SSSR count). The molecule has 0 bridgehead atoms. The number of hydrogen-bond acceptors (Lipinski definition) is 5. The van der Waals surface area contributed by atoms with Crippen molar-refractivity contribution in [3.63, 3.8) is 0 Å². The second-order valence-electron chi connectivity index (χ2n) is 9.25. The molecule has 1 aliphatic heterocycles. The van der Waals surface area contributed by atoms with Crippen LogP contribution in [0.2, 0.25) is 0 Å². The van der Waals surface area contributed by atoms with E-state index in [0.717, 1.165) is 18.4 Å². The predicted molar refractivity (Wildman–Crippen MR) is 113 cm³/mol. The lowest BCUT2D eigenvalue weighted by molar-refractivity contribution is -0.00371. The smallest absolute Gasteiger partial charge is 0.410 e. The number of amides is 1. The lowest BCUT2D eigenvalue weighted by atomic mass is 9.84. The minimum Gasteiger partial charge on any atom is -0.444 e. The first-order chi connectivity index (χ1) is 13.4. The molecule has 1 heterocycles. The van der Waals surface area contributed by atoms with E-state index in [1.807, 2.05) is 32.6 Å². The fraction of sp³-hybridized carbons (Fsp3) is 0.682. The van der Waals surface area contributed by atoms with Gasteiger partial charge in [0.05, 0.1) is 11.5 Å². The number of aryl methyl sites for hydroxylation is 1. The van der Waals surface area contributed by atoms with Gasteiger partial charge >= 0.3 is 6.09 Å². The topological polar surface area (TPSA) is 72.9 Å². The molecular weight excluding hydrogens is 390 g/mol. The number of likely N-dealkylation sites (tertiary alicyclic amines) is 1. The minimum absolute atomic E-state index is 0.0808. The Morgan fingerprint density at radius 2 is 1.83 bits per heavy atom. The minimum atomic E-state index is -3.74. The second-order valence-corrected chi connectivity index (χ2v) is 10.9. The molecule has 1 fully saturated rings. The molecule has 0 N–H and O–H groups in total. The van der Waals surface area contributed by atoms with Gasteiger partial charge in [-0.15, -0.1) is 0 Å². The summed E-state index contributed by atoms with van der Waals surface area (Å²) in [7, 11) is -3.74. The first-order valence-electron chi connectivity index (χ1n) is 10.3. The summed E-state index contributed by atoms with van der Waals surface area (Å²) in [6, 6.07) is 6.74. The maximum Gasteiger partial charge on any atom is 0.410 e. The number of carbonyl (C=O) groups excluding carboxylic acids is 1. The van der Waals surface area contributed by atoms with Gasteiger partial charge in [-0.05, 0) is 70.9 Å². The number of carbonyl (C=O) groups is 1. The average molecular weight is 426 g/mol. The zero-order valence-electron chi connectivity index (χ0n) is 18.5. The molecule has 1 amide bonds. The highest BCUT2D eigenvalue weighted by atomic mass is 32.2. The highest BCUT2D eigenvalue weighted by Crippen LogP contribution is 2.31. The molecule has 29 heavy (non-hydrogen) atoms. The zero-order valence-corrected chi connectivity index (χ0v) is 19.3. The monoisotopic (exact) mass is 425 g/mol. The number of piperidine rings is 1. The van der Waals surface area contributed by atoms with Crippen molar-refractivity contribution in [1.29, 1.82) is 0 Å². The number of hydrogen-bond donors (Lipinski definition) is 0. The fourth-order valence-corrected chi connectivity index (χ4v) is 4.53. The van der Waals surface area contributed by atoms with Crippen LogP contribution in [-0.4, -0.2) is 44.2 Å². The van der Waals surface area contributed by atoms with E-state index in [9.17, 15) is 13.2 Å². The van der Waals surface area contributed by atoms with Gasteiger partial charge in [0.25, 0.3) is 10.1 Å². The summed E-state index contributed by atoms with van der Waals surface area (Å²) >= 11 is 0. The molecule has 0 saturated carbocycles. The normalized spacial score (nSPS) is 20.7. The fourth-order valence-electron chi connectivity index (χ4n) is 3.61. The van der Waals surface area contributed by atoms with Gasteiger partial charge in [0.15, 0.2) is 0 Å². The van der Waals surface area contributed by atoms with E-state index in [-0.39, 0.29) is 23.6 Å². The second kappa shape index (κ2) is 9.47. The summed E-state index contributed by atoms with van der Waals surface area (Å²) in [6.45, 7) is 12.5. The highest BCUT2D eigenvalue weighted by molar-refractivity contribution is 7.86. The first kappa shape index (κ1) is 23.7. The molecule has 0 unspecified atom stereocenters. The van der Waals surface area contributed by atoms with Crippen molar-refractivity contribution in [3.8, 4) is 0 Å². The number of nitrogens with zero attached hydrogens (tertiary/aromatic N) is 1. The molecule has 6 nitrogen and oxygen atoms in total. The Morgan fingerprint density at radius 1 is 1.21 bits per heavy atom. The van der Waals surface area contributed by atoms with Crippen molar-refractivity contribution < 1.29 is 22.1 Å². The number of benzene rings is 1. The third kappa shape index (κ3) is 7.00. The van der Waals surface area contributed by atoms with Gasteiger partial charge in [-0.1, -0.05) is 31.5 Å². The van der Waals surface area contributed by atoms with Crippen molar-refractivity contribution in [2.24, 2.45) is 11.8 Å². The molecule has 0 aromatic heterocycles. The van der Waals surface area contributed by atoms with Crippen LogP contribution >= 0.6 is 0 Å². The molecule has 0 spiro atoms. The maximum atomic E-state index is 12.6. The van der Waals surface area contributed by atoms with Crippen LogP contribution in [-0.2, 0) is 19.0 Å². The van der Waals surface area contributed by atoms with Crippen LogP contribution in [0.3, 0.4) is 0 Å². The Labute approximate surface area is 175 Å². The lowest BCUT2D eigenvalue weighted by Gasteiger charge is -2.42. The molecule has 164 valence electrons. The van der Waals surface area contributed by atoms with Crippen LogP contribution in [0.1, 0.15) is 59.4 Å². The third-order valence-corrected chi connectivity index (χ3v) is 6.55. The van der Waals surface area contributed by atoms with Gasteiger partial charge in [0.1, 0.15) is 5.60 Å². The van der Waals surface area contributed by atoms with Crippen LogP contribution in [0.5, 0.6) is 0 Å². The maximum absolute atomic E-state index is 12.6. The summed E-state index contributed by atoms with van der Waals surface area (Å²) in [4.78, 5) is 14.6. The standard InChI is InChI=1S/C22H35NO5S/c1-16(2)20-15-18(11-13-23(20)21(24)28-22(4,5)6)12-14-27-29(25,26)19-9-7-17(3)8-10-19/h7-10,16,18,20H,11-15H2,1-6H3/t18-,20-/m1/s1. The SMILES string of the molecule is Cc1ccc(S(=O)(=O)OCC[C@H]2CCN(C(=O)OC(C)(C)C)[C@@H](C(C)C)C2)cc1. The van der Waals surface area contributed by atoms with Crippen LogP contribution in [0.15, 0.2) is 29.2 Å². The third-order valence-electron chi connectivity index (χ3n) is 5.23. The summed E-state index contributed by atoms with van der Waals surface area (Å²) in [5, 5.41) is 0. The van der Waals surface area contributed by atoms with E-state index in [2.05, 4.69) is 13.8 Å². The zero-order chi connectivity index (χ0) is 21.8. The van der Waals surface area contributed by atoms with Crippen LogP contribution in [0.4, 0.5) is 4.79 Å². The van der Waals surface area contributed by atoms with E-state index in [1.54, 1.807) is 24.3 Å². The molecule has 0 aliphatic carbocycles. The molecular formula is C22H35NO5S. The van der Waals surface area contributed by atoms with Crippen LogP contribution < -0.4 is 0 Å². The van der Waals surface area contributed by atoms with Gasteiger partial charge in [-0.3, -0.25) is 4.18 Å². The summed E-state index contributed by atoms with van der Waals surface area (Å²) in [6.07, 6.45) is 2.02. The Balaban J connectivity index is 1.91.